The van der Waals surface area contributed by atoms with E-state index in [9.17, 15) is 18.4 Å². The molecule has 0 saturated carbocycles. The molecule has 3 rings (SSSR count). The quantitative estimate of drug-likeness (QED) is 0.285. The number of alkyl halides is 1. The molecule has 2 aromatic rings. The van der Waals surface area contributed by atoms with Crippen molar-refractivity contribution in [2.75, 3.05) is 5.32 Å². The molecule has 0 spiro atoms. The lowest BCUT2D eigenvalue weighted by Crippen LogP contribution is -2.41. The van der Waals surface area contributed by atoms with Crippen molar-refractivity contribution in [3.63, 3.8) is 0 Å². The summed E-state index contributed by atoms with van der Waals surface area (Å²) in [6.07, 6.45) is -0.279. The minimum absolute atomic E-state index is 0.0298. The molecule has 2 aromatic carbocycles. The summed E-state index contributed by atoms with van der Waals surface area (Å²) in [5.74, 6) is -1.83. The highest BCUT2D eigenvalue weighted by Gasteiger charge is 2.52. The van der Waals surface area contributed by atoms with E-state index in [1.165, 1.54) is 6.07 Å². The Morgan fingerprint density at radius 1 is 1.11 bits per heavy atom. The number of anilines is 1. The van der Waals surface area contributed by atoms with Gasteiger partial charge in [-0.3, -0.25) is 10.1 Å². The Labute approximate surface area is 214 Å². The molecule has 0 aliphatic carbocycles. The molecule has 1 amide bonds. The van der Waals surface area contributed by atoms with Gasteiger partial charge >= 0.3 is 13.2 Å². The van der Waals surface area contributed by atoms with Gasteiger partial charge in [0, 0.05) is 16.5 Å². The van der Waals surface area contributed by atoms with Crippen molar-refractivity contribution in [2.24, 2.45) is 0 Å². The summed E-state index contributed by atoms with van der Waals surface area (Å²) >= 11 is 3.36. The Hall–Kier alpha value is -2.30. The van der Waals surface area contributed by atoms with Crippen LogP contribution in [0, 0.1) is 11.6 Å². The molecule has 0 unspecified atom stereocenters. The van der Waals surface area contributed by atoms with Gasteiger partial charge in [0.15, 0.2) is 6.29 Å². The van der Waals surface area contributed by atoms with E-state index in [2.05, 4.69) is 21.2 Å². The molecule has 0 radical (unpaired) electrons. The zero-order valence-electron chi connectivity index (χ0n) is 21.0. The average molecular weight is 554 g/mol. The van der Waals surface area contributed by atoms with Crippen molar-refractivity contribution in [1.29, 1.82) is 0 Å². The number of benzene rings is 2. The molecule has 10 heteroatoms. The lowest BCUT2D eigenvalue weighted by atomic mass is 9.78. The third-order valence-corrected chi connectivity index (χ3v) is 6.16. The van der Waals surface area contributed by atoms with Crippen molar-refractivity contribution in [3.05, 3.63) is 59.2 Å². The summed E-state index contributed by atoms with van der Waals surface area (Å²) < 4.78 is 43.8. The fourth-order valence-corrected chi connectivity index (χ4v) is 3.35. The van der Waals surface area contributed by atoms with Crippen LogP contribution in [-0.2, 0) is 19.4 Å². The van der Waals surface area contributed by atoms with Crippen molar-refractivity contribution >= 4 is 46.6 Å². The van der Waals surface area contributed by atoms with Crippen LogP contribution in [-0.4, -0.2) is 36.3 Å². The van der Waals surface area contributed by atoms with Gasteiger partial charge in [0.25, 0.3) is 0 Å². The van der Waals surface area contributed by atoms with Gasteiger partial charge in [-0.25, -0.2) is 13.6 Å². The number of carbonyl (C=O) groups excluding carboxylic acids is 2. The number of hydrogen-bond acceptors (Lipinski definition) is 5. The number of aldehydes is 1. The highest BCUT2D eigenvalue weighted by Crippen LogP contribution is 2.36. The van der Waals surface area contributed by atoms with Crippen LogP contribution in [0.1, 0.15) is 64.4 Å². The summed E-state index contributed by atoms with van der Waals surface area (Å²) in [4.78, 5) is 22.2. The summed E-state index contributed by atoms with van der Waals surface area (Å²) in [6, 6.07) is 9.88. The number of ether oxygens (including phenoxy) is 1. The predicted molar refractivity (Wildman–Crippen MR) is 136 cm³/mol. The van der Waals surface area contributed by atoms with Crippen molar-refractivity contribution in [2.45, 2.75) is 70.6 Å². The second-order valence-electron chi connectivity index (χ2n) is 10.0. The van der Waals surface area contributed by atoms with Gasteiger partial charge in [0.05, 0.1) is 16.8 Å². The predicted octanol–water partition coefficient (Wildman–Crippen LogP) is 6.01. The molecular weight excluding hydrogens is 523 g/mol. The first-order chi connectivity index (χ1) is 16.1. The molecule has 1 aliphatic heterocycles. The second-order valence-corrected chi connectivity index (χ2v) is 10.6. The minimum atomic E-state index is -0.954. The molecule has 190 valence electrons. The summed E-state index contributed by atoms with van der Waals surface area (Å²) in [6.45, 7) is 12.8. The van der Waals surface area contributed by atoms with E-state index < -0.39 is 47.2 Å². The van der Waals surface area contributed by atoms with Crippen LogP contribution < -0.4 is 10.8 Å². The lowest BCUT2D eigenvalue weighted by Gasteiger charge is -2.32. The first-order valence-corrected chi connectivity index (χ1v) is 12.2. The second kappa shape index (κ2) is 11.2. The molecular formula is C25H31BBrF2NO5. The van der Waals surface area contributed by atoms with Crippen LogP contribution in [0.5, 0.6) is 0 Å². The highest BCUT2D eigenvalue weighted by atomic mass is 79.9. The van der Waals surface area contributed by atoms with Gasteiger partial charge in [-0.1, -0.05) is 34.1 Å². The van der Waals surface area contributed by atoms with Gasteiger partial charge in [-0.05, 0) is 72.2 Å². The number of rotatable bonds is 4. The van der Waals surface area contributed by atoms with E-state index in [1.807, 2.05) is 72.7 Å². The molecule has 1 N–H and O–H groups in total. The minimum Gasteiger partial charge on any atom is -0.444 e. The number of nitrogens with one attached hydrogen (secondary N) is 1. The fraction of sp³-hybridized carbons (Fsp3) is 0.440. The smallest absolute Gasteiger partial charge is 0.444 e. The Morgan fingerprint density at radius 2 is 1.71 bits per heavy atom. The number of amides is 1. The van der Waals surface area contributed by atoms with E-state index in [-0.39, 0.29) is 11.7 Å². The Morgan fingerprint density at radius 3 is 2.23 bits per heavy atom. The molecule has 1 fully saturated rings. The van der Waals surface area contributed by atoms with E-state index in [4.69, 9.17) is 14.0 Å². The standard InChI is InChI=1S/C13H15BF2O3.C12H16BrNO2/c1-12(2)13(3,4)19-14(18-12)9-5-6-10(15)8(7-17)11(9)16;1-12(2,3)16-11(15)14-10-6-4-5-9(7-10)8-13/h5-7H,1-4H3;4-7H,8H2,1-3H3,(H,14,15). The van der Waals surface area contributed by atoms with Crippen LogP contribution in [0.2, 0.25) is 0 Å². The maximum atomic E-state index is 14.1. The number of hydrogen-bond donors (Lipinski definition) is 1. The van der Waals surface area contributed by atoms with E-state index in [0.29, 0.717) is 0 Å². The Balaban J connectivity index is 0.000000251. The maximum absolute atomic E-state index is 14.1. The monoisotopic (exact) mass is 553 g/mol. The SMILES string of the molecule is CC(C)(C)OC(=O)Nc1cccc(CBr)c1.CC1(C)OB(c2ccc(F)c(C=O)c2F)OC1(C)C. The van der Waals surface area contributed by atoms with E-state index in [1.54, 1.807) is 0 Å². The van der Waals surface area contributed by atoms with Crippen molar-refractivity contribution in [1.82, 2.24) is 0 Å². The molecule has 6 nitrogen and oxygen atoms in total. The topological polar surface area (TPSA) is 73.9 Å². The van der Waals surface area contributed by atoms with Gasteiger partial charge in [0.2, 0.25) is 0 Å². The highest BCUT2D eigenvalue weighted by molar-refractivity contribution is 9.08. The van der Waals surface area contributed by atoms with Crippen molar-refractivity contribution in [3.8, 4) is 0 Å². The summed E-state index contributed by atoms with van der Waals surface area (Å²) in [5.41, 5.74) is -0.453. The van der Waals surface area contributed by atoms with Crippen molar-refractivity contribution < 1.29 is 32.4 Å². The largest absolute Gasteiger partial charge is 0.497 e. The first kappa shape index (κ1) is 28.9. The van der Waals surface area contributed by atoms with Crippen LogP contribution in [0.3, 0.4) is 0 Å². The van der Waals surface area contributed by atoms with E-state index in [0.717, 1.165) is 22.6 Å². The molecule has 1 saturated heterocycles. The normalized spacial score (nSPS) is 16.2. The third-order valence-electron chi connectivity index (χ3n) is 5.51. The van der Waals surface area contributed by atoms with Crippen LogP contribution in [0.25, 0.3) is 0 Å². The van der Waals surface area contributed by atoms with Crippen LogP contribution >= 0.6 is 15.9 Å². The van der Waals surface area contributed by atoms with Crippen LogP contribution in [0.4, 0.5) is 19.3 Å². The molecule has 1 aliphatic rings. The molecule has 1 heterocycles. The fourth-order valence-electron chi connectivity index (χ4n) is 3.00. The molecule has 35 heavy (non-hydrogen) atoms. The van der Waals surface area contributed by atoms with Gasteiger partial charge < -0.3 is 14.0 Å². The zero-order chi connectivity index (χ0) is 26.6. The third kappa shape index (κ3) is 7.59. The van der Waals surface area contributed by atoms with Gasteiger partial charge in [0.1, 0.15) is 17.2 Å². The number of halogens is 3. The average Bonchev–Trinajstić information content (AvgIpc) is 2.94. The number of carbonyl (C=O) groups is 2. The summed E-state index contributed by atoms with van der Waals surface area (Å²) in [7, 11) is -0.954. The van der Waals surface area contributed by atoms with E-state index >= 15 is 0 Å². The lowest BCUT2D eigenvalue weighted by molar-refractivity contribution is 0.00578. The molecule has 0 bridgehead atoms. The molecule has 0 aromatic heterocycles. The maximum Gasteiger partial charge on any atom is 0.497 e. The Kier molecular flexibility index (Phi) is 9.24. The summed E-state index contributed by atoms with van der Waals surface area (Å²) in [5, 5.41) is 3.45. The first-order valence-electron chi connectivity index (χ1n) is 11.0. The zero-order valence-corrected chi connectivity index (χ0v) is 22.6. The van der Waals surface area contributed by atoms with Gasteiger partial charge in [-0.2, -0.15) is 0 Å². The Bertz CT molecular complexity index is 1060. The van der Waals surface area contributed by atoms with Gasteiger partial charge in [-0.15, -0.1) is 0 Å². The molecule has 0 atom stereocenters. The van der Waals surface area contributed by atoms with Crippen LogP contribution in [0.15, 0.2) is 36.4 Å².